The summed E-state index contributed by atoms with van der Waals surface area (Å²) in [5.74, 6) is 0. The van der Waals surface area contributed by atoms with Gasteiger partial charge in [0.1, 0.15) is 0 Å². The van der Waals surface area contributed by atoms with E-state index in [4.69, 9.17) is 0 Å². The molecule has 0 saturated carbocycles. The van der Waals surface area contributed by atoms with Crippen LogP contribution in [0.25, 0.3) is 0 Å². The quantitative estimate of drug-likeness (QED) is 0.486. The Bertz CT molecular complexity index is 234. The first-order chi connectivity index (χ1) is 7.92. The van der Waals surface area contributed by atoms with E-state index in [0.29, 0.717) is 0 Å². The molecule has 0 aromatic heterocycles. The maximum absolute atomic E-state index is 2.59. The molecular formula is C15H33BSn. The van der Waals surface area contributed by atoms with Gasteiger partial charge in [0.2, 0.25) is 0 Å². The van der Waals surface area contributed by atoms with Gasteiger partial charge >= 0.3 is 115 Å². The van der Waals surface area contributed by atoms with Crippen LogP contribution in [0.3, 0.4) is 0 Å². The van der Waals surface area contributed by atoms with Crippen molar-refractivity contribution in [3.8, 4) is 0 Å². The molecule has 0 radical (unpaired) electrons. The molecule has 0 aliphatic carbocycles. The standard InChI is InChI=1S/C12H24B.3CH3.Sn/c1-5-9-10-11-12(6-2)13(7-3)8-4;;;;/h5-10H2,1-4H3;3*1H3;. The number of rotatable bonds is 8. The Hall–Kier alpha value is 0.604. The minimum atomic E-state index is -1.88. The third kappa shape index (κ3) is 5.85. The van der Waals surface area contributed by atoms with Crippen LogP contribution < -0.4 is 0 Å². The van der Waals surface area contributed by atoms with Crippen LogP contribution in [0, 0.1) is 0 Å². The number of hydrogen-bond acceptors (Lipinski definition) is 0. The maximum atomic E-state index is 2.59. The fourth-order valence-corrected chi connectivity index (χ4v) is 9.38. The molecule has 17 heavy (non-hydrogen) atoms. The summed E-state index contributed by atoms with van der Waals surface area (Å²) in [6.45, 7) is 10.3. The van der Waals surface area contributed by atoms with Gasteiger partial charge < -0.3 is 0 Å². The minimum absolute atomic E-state index is 0.864. The van der Waals surface area contributed by atoms with Crippen LogP contribution in [0.5, 0.6) is 0 Å². The van der Waals surface area contributed by atoms with Gasteiger partial charge in [-0.25, -0.2) is 0 Å². The molecule has 0 rings (SSSR count). The molecule has 0 N–H and O–H groups in total. The third-order valence-electron chi connectivity index (χ3n) is 3.93. The molecule has 0 unspecified atom stereocenters. The van der Waals surface area contributed by atoms with Crippen LogP contribution in [-0.2, 0) is 0 Å². The van der Waals surface area contributed by atoms with Crippen LogP contribution in [0.4, 0.5) is 0 Å². The monoisotopic (exact) mass is 344 g/mol. The molecule has 0 aromatic rings. The van der Waals surface area contributed by atoms with Crippen LogP contribution >= 0.6 is 0 Å². The Balaban J connectivity index is 5.27. The van der Waals surface area contributed by atoms with Crippen molar-refractivity contribution in [2.45, 2.75) is 80.8 Å². The summed E-state index contributed by atoms with van der Waals surface area (Å²) in [5, 5.41) is 0. The predicted octanol–water partition coefficient (Wildman–Crippen LogP) is 5.83. The molecule has 0 fully saturated rings. The molecule has 0 atom stereocenters. The Morgan fingerprint density at radius 3 is 1.76 bits per heavy atom. The summed E-state index contributed by atoms with van der Waals surface area (Å²) in [4.78, 5) is 7.78. The number of hydrogen-bond donors (Lipinski definition) is 0. The molecule has 0 spiro atoms. The normalized spacial score (nSPS) is 13.6. The summed E-state index contributed by atoms with van der Waals surface area (Å²) in [5.41, 5.74) is 1.85. The molecule has 0 nitrogen and oxygen atoms in total. The molecule has 0 aromatic carbocycles. The van der Waals surface area contributed by atoms with E-state index in [1.807, 2.05) is 9.06 Å². The van der Waals surface area contributed by atoms with Crippen molar-refractivity contribution >= 4 is 25.1 Å². The van der Waals surface area contributed by atoms with Crippen molar-refractivity contribution in [3.05, 3.63) is 9.06 Å². The zero-order chi connectivity index (χ0) is 13.5. The van der Waals surface area contributed by atoms with Crippen molar-refractivity contribution in [2.24, 2.45) is 0 Å². The second-order valence-electron chi connectivity index (χ2n) is 6.22. The summed E-state index contributed by atoms with van der Waals surface area (Å²) in [6, 6.07) is 0. The van der Waals surface area contributed by atoms with Crippen LogP contribution in [0.1, 0.15) is 53.4 Å². The Kier molecular flexibility index (Phi) is 8.97. The van der Waals surface area contributed by atoms with Crippen molar-refractivity contribution in [3.63, 3.8) is 0 Å². The van der Waals surface area contributed by atoms with E-state index in [-0.39, 0.29) is 0 Å². The predicted molar refractivity (Wildman–Crippen MR) is 86.9 cm³/mol. The van der Waals surface area contributed by atoms with Gasteiger partial charge in [0.15, 0.2) is 0 Å². The molecule has 2 heteroatoms. The molecule has 0 aliphatic rings. The molecule has 0 bridgehead atoms. The molecule has 0 heterocycles. The summed E-state index contributed by atoms with van der Waals surface area (Å²) >= 11 is -1.88. The zero-order valence-corrected chi connectivity index (χ0v) is 16.2. The average Bonchev–Trinajstić information content (AvgIpc) is 2.26. The van der Waals surface area contributed by atoms with E-state index in [9.17, 15) is 0 Å². The first kappa shape index (κ1) is 17.6. The van der Waals surface area contributed by atoms with Gasteiger partial charge in [-0.05, 0) is 0 Å². The Morgan fingerprint density at radius 2 is 1.47 bits per heavy atom. The number of allylic oxidation sites excluding steroid dienone is 2. The van der Waals surface area contributed by atoms with Crippen molar-refractivity contribution < 1.29 is 0 Å². The van der Waals surface area contributed by atoms with Gasteiger partial charge in [0, 0.05) is 0 Å². The SMILES string of the molecule is CCCC/[C](=C(\CC)B(CC)CC)[Sn]([CH3])([CH3])[CH3]. The molecule has 0 aliphatic heterocycles. The van der Waals surface area contributed by atoms with E-state index >= 15 is 0 Å². The van der Waals surface area contributed by atoms with Crippen LogP contribution in [0.2, 0.25) is 27.5 Å². The van der Waals surface area contributed by atoms with E-state index in [2.05, 4.69) is 42.5 Å². The summed E-state index contributed by atoms with van der Waals surface area (Å²) < 4.78 is 1.96. The number of unbranched alkanes of at least 4 members (excludes halogenated alkanes) is 1. The Morgan fingerprint density at radius 1 is 0.941 bits per heavy atom. The van der Waals surface area contributed by atoms with E-state index < -0.39 is 18.4 Å². The van der Waals surface area contributed by atoms with E-state index in [1.54, 1.807) is 0 Å². The zero-order valence-electron chi connectivity index (χ0n) is 13.3. The van der Waals surface area contributed by atoms with Gasteiger partial charge in [-0.3, -0.25) is 0 Å². The van der Waals surface area contributed by atoms with Crippen LogP contribution in [-0.4, -0.2) is 25.1 Å². The van der Waals surface area contributed by atoms with Gasteiger partial charge in [-0.1, -0.05) is 0 Å². The molecule has 0 saturated heterocycles. The van der Waals surface area contributed by atoms with Gasteiger partial charge in [-0.15, -0.1) is 0 Å². The second kappa shape index (κ2) is 8.66. The van der Waals surface area contributed by atoms with E-state index in [0.717, 1.165) is 6.71 Å². The second-order valence-corrected chi connectivity index (χ2v) is 20.8. The third-order valence-corrected chi connectivity index (χ3v) is 10.7. The summed E-state index contributed by atoms with van der Waals surface area (Å²) in [7, 11) is 0. The molecular weight excluding hydrogens is 310 g/mol. The van der Waals surface area contributed by atoms with Gasteiger partial charge in [0.25, 0.3) is 0 Å². The first-order valence-electron chi connectivity index (χ1n) is 7.64. The topological polar surface area (TPSA) is 0 Å². The van der Waals surface area contributed by atoms with Crippen molar-refractivity contribution in [1.82, 2.24) is 0 Å². The van der Waals surface area contributed by atoms with Gasteiger partial charge in [-0.2, -0.15) is 0 Å². The van der Waals surface area contributed by atoms with Crippen molar-refractivity contribution in [2.75, 3.05) is 0 Å². The molecule has 100 valence electrons. The van der Waals surface area contributed by atoms with Gasteiger partial charge in [0.05, 0.1) is 0 Å². The fraction of sp³-hybridized carbons (Fsp3) is 0.867. The first-order valence-corrected chi connectivity index (χ1v) is 17.6. The molecule has 0 amide bonds. The van der Waals surface area contributed by atoms with Crippen molar-refractivity contribution in [1.29, 1.82) is 0 Å². The Labute approximate surface area is 115 Å². The van der Waals surface area contributed by atoms with Crippen LogP contribution in [0.15, 0.2) is 9.06 Å². The van der Waals surface area contributed by atoms with E-state index in [1.165, 1.54) is 38.3 Å². The fourth-order valence-electron chi connectivity index (χ4n) is 2.90. The summed E-state index contributed by atoms with van der Waals surface area (Å²) in [6.07, 6.45) is 8.09. The average molecular weight is 343 g/mol.